The van der Waals surface area contributed by atoms with Gasteiger partial charge in [-0.05, 0) is 13.8 Å². The van der Waals surface area contributed by atoms with Gasteiger partial charge in [-0.15, -0.1) is 0 Å². The largest absolute Gasteiger partial charge is 0.303 e. The number of hydrogen-bond acceptors (Lipinski definition) is 2. The van der Waals surface area contributed by atoms with Gasteiger partial charge >= 0.3 is 0 Å². The lowest BCUT2D eigenvalue weighted by atomic mass is 10.1. The molecule has 0 amide bonds. The van der Waals surface area contributed by atoms with Crippen LogP contribution in [0.2, 0.25) is 0 Å². The van der Waals surface area contributed by atoms with Gasteiger partial charge in [0.2, 0.25) is 0 Å². The van der Waals surface area contributed by atoms with Crippen molar-refractivity contribution >= 4 is 12.1 Å². The average Bonchev–Trinajstić information content (AvgIpc) is 1.67. The van der Waals surface area contributed by atoms with Gasteiger partial charge in [-0.1, -0.05) is 0 Å². The molecule has 0 aliphatic carbocycles. The second kappa shape index (κ2) is 2.50. The first-order valence-corrected chi connectivity index (χ1v) is 1.98. The minimum absolute atomic E-state index is 0.329. The summed E-state index contributed by atoms with van der Waals surface area (Å²) < 4.78 is 6.91. The zero-order valence-corrected chi connectivity index (χ0v) is 4.39. The second-order valence-electron chi connectivity index (χ2n) is 1.36. The van der Waals surface area contributed by atoms with Gasteiger partial charge in [-0.2, -0.15) is 0 Å². The summed E-state index contributed by atoms with van der Waals surface area (Å²) in [7, 11) is 0. The van der Waals surface area contributed by atoms with Gasteiger partial charge in [-0.25, -0.2) is 0 Å². The molecule has 0 bridgehead atoms. The number of hydrogen-bond donors (Lipinski definition) is 0. The van der Waals surface area contributed by atoms with Gasteiger partial charge in [0.05, 0.1) is 5.89 Å². The Morgan fingerprint density at radius 2 is 2.43 bits per heavy atom. The number of aldehydes is 1. The maximum Gasteiger partial charge on any atom is 0.139 e. The monoisotopic (exact) mass is 101 g/mol. The Hall–Kier alpha value is -0.660. The molecule has 1 atom stereocenters. The van der Waals surface area contributed by atoms with E-state index in [9.17, 15) is 9.59 Å². The summed E-state index contributed by atoms with van der Waals surface area (Å²) in [6, 6.07) is 0. The Balaban J connectivity index is 4.12. The first-order chi connectivity index (χ1) is 3.50. The third kappa shape index (κ3) is 2.09. The summed E-state index contributed by atoms with van der Waals surface area (Å²) in [6.45, 7) is 2.49. The van der Waals surface area contributed by atoms with E-state index in [1.807, 2.05) is 0 Å². The van der Waals surface area contributed by atoms with E-state index in [0.717, 1.165) is 0 Å². The number of Topliss-reactive ketones (excluding diaryl/α,β-unsaturated/α-hetero) is 1. The molecule has 0 radical (unpaired) electrons. The molecule has 40 valence electrons. The van der Waals surface area contributed by atoms with Crippen molar-refractivity contribution in [1.82, 2.24) is 0 Å². The molecule has 0 rings (SSSR count). The van der Waals surface area contributed by atoms with Crippen LogP contribution in [-0.2, 0) is 9.59 Å². The molecule has 7 heavy (non-hydrogen) atoms. The van der Waals surface area contributed by atoms with E-state index in [1.165, 1.54) is 13.8 Å². The molecule has 0 aliphatic heterocycles. The molecule has 0 aromatic carbocycles. The number of carbonyl (C=O) groups is 2. The normalized spacial score (nSPS) is 19.4. The molecule has 0 aliphatic rings. The number of ketones is 1. The number of rotatable bonds is 2. The Morgan fingerprint density at radius 1 is 2.00 bits per heavy atom. The van der Waals surface area contributed by atoms with Crippen LogP contribution in [0, 0.1) is 5.89 Å². The van der Waals surface area contributed by atoms with Gasteiger partial charge in [0.15, 0.2) is 0 Å². The summed E-state index contributed by atoms with van der Waals surface area (Å²) in [5.74, 6) is -1.95. The van der Waals surface area contributed by atoms with Gasteiger partial charge in [-0.3, -0.25) is 4.79 Å². The van der Waals surface area contributed by atoms with Gasteiger partial charge in [0.1, 0.15) is 12.1 Å². The lowest BCUT2D eigenvalue weighted by Gasteiger charge is -1.89. The first kappa shape index (κ1) is 4.50. The highest BCUT2D eigenvalue weighted by atomic mass is 16.1. The van der Waals surface area contributed by atoms with Crippen LogP contribution >= 0.6 is 0 Å². The van der Waals surface area contributed by atoms with Crippen molar-refractivity contribution in [2.75, 3.05) is 0 Å². The van der Waals surface area contributed by atoms with Crippen LogP contribution in [0.3, 0.4) is 0 Å². The van der Waals surface area contributed by atoms with Gasteiger partial charge < -0.3 is 4.79 Å². The van der Waals surface area contributed by atoms with Crippen LogP contribution in [0.1, 0.15) is 15.2 Å². The molecule has 2 heteroatoms. The predicted octanol–water partition coefficient (Wildman–Crippen LogP) is 0.410. The quantitative estimate of drug-likeness (QED) is 0.373. The van der Waals surface area contributed by atoms with E-state index in [2.05, 4.69) is 0 Å². The molecule has 0 spiro atoms. The first-order valence-electron chi connectivity index (χ1n) is 2.48. The van der Waals surface area contributed by atoms with Crippen molar-refractivity contribution in [3.63, 3.8) is 0 Å². The zero-order chi connectivity index (χ0) is 6.78. The smallest absolute Gasteiger partial charge is 0.139 e. The standard InChI is InChI=1S/C5H8O2/c1-4(3-6)5(2)7/h3-4H,1-2H3/i4D. The maximum atomic E-state index is 10.3. The maximum absolute atomic E-state index is 10.3. The molecule has 0 aromatic rings. The van der Waals surface area contributed by atoms with Crippen LogP contribution < -0.4 is 0 Å². The van der Waals surface area contributed by atoms with Crippen molar-refractivity contribution in [3.05, 3.63) is 0 Å². The van der Waals surface area contributed by atoms with Crippen molar-refractivity contribution in [2.24, 2.45) is 5.89 Å². The van der Waals surface area contributed by atoms with Crippen LogP contribution in [0.25, 0.3) is 0 Å². The highest BCUT2D eigenvalue weighted by molar-refractivity contribution is 5.90. The van der Waals surface area contributed by atoms with Crippen molar-refractivity contribution in [2.45, 2.75) is 13.8 Å². The van der Waals surface area contributed by atoms with Crippen LogP contribution in [0.5, 0.6) is 0 Å². The molecular formula is C5H8O2. The topological polar surface area (TPSA) is 34.1 Å². The summed E-state index contributed by atoms with van der Waals surface area (Å²) >= 11 is 0. The van der Waals surface area contributed by atoms with E-state index < -0.39 is 11.7 Å². The Labute approximate surface area is 43.9 Å². The van der Waals surface area contributed by atoms with E-state index in [4.69, 9.17) is 1.37 Å². The molecule has 2 nitrogen and oxygen atoms in total. The molecule has 0 heterocycles. The third-order valence-corrected chi connectivity index (χ3v) is 0.732. The Kier molecular flexibility index (Phi) is 1.61. The number of carbonyl (C=O) groups excluding carboxylic acids is 2. The fraction of sp³-hybridized carbons (Fsp3) is 0.600. The predicted molar refractivity (Wildman–Crippen MR) is 25.9 cm³/mol. The molecule has 0 saturated carbocycles. The van der Waals surface area contributed by atoms with E-state index in [1.54, 1.807) is 0 Å². The van der Waals surface area contributed by atoms with Crippen molar-refractivity contribution in [3.8, 4) is 0 Å². The molecule has 0 aromatic heterocycles. The zero-order valence-electron chi connectivity index (χ0n) is 5.39. The molecular weight excluding hydrogens is 92.1 g/mol. The molecule has 0 N–H and O–H groups in total. The lowest BCUT2D eigenvalue weighted by Crippen LogP contribution is -2.06. The minimum atomic E-state index is -1.53. The summed E-state index contributed by atoms with van der Waals surface area (Å²) in [4.78, 5) is 20.1. The lowest BCUT2D eigenvalue weighted by molar-refractivity contribution is -0.124. The van der Waals surface area contributed by atoms with E-state index >= 15 is 0 Å². The second-order valence-corrected chi connectivity index (χ2v) is 1.36. The highest BCUT2D eigenvalue weighted by Crippen LogP contribution is 1.87. The van der Waals surface area contributed by atoms with Crippen LogP contribution in [-0.4, -0.2) is 12.1 Å². The molecule has 0 fully saturated rings. The minimum Gasteiger partial charge on any atom is -0.303 e. The summed E-state index contributed by atoms with van der Waals surface area (Å²) in [6.07, 6.45) is 0.329. The Morgan fingerprint density at radius 3 is 2.43 bits per heavy atom. The Bertz CT molecular complexity index is 118. The summed E-state index contributed by atoms with van der Waals surface area (Å²) in [5, 5.41) is 0. The van der Waals surface area contributed by atoms with Crippen molar-refractivity contribution in [1.29, 1.82) is 0 Å². The molecule has 0 saturated heterocycles. The van der Waals surface area contributed by atoms with Crippen LogP contribution in [0.15, 0.2) is 0 Å². The van der Waals surface area contributed by atoms with E-state index in [-0.39, 0.29) is 0 Å². The highest BCUT2D eigenvalue weighted by Gasteiger charge is 2.02. The molecule has 1 unspecified atom stereocenters. The SMILES string of the molecule is [2H]C(C)(C=O)C(C)=O. The van der Waals surface area contributed by atoms with E-state index in [0.29, 0.717) is 6.29 Å². The fourth-order valence-corrected chi connectivity index (χ4v) is 0.0830. The van der Waals surface area contributed by atoms with Gasteiger partial charge in [0.25, 0.3) is 0 Å². The fourth-order valence-electron chi connectivity index (χ4n) is 0.0830. The van der Waals surface area contributed by atoms with Crippen LogP contribution in [0.4, 0.5) is 0 Å². The van der Waals surface area contributed by atoms with Gasteiger partial charge in [0, 0.05) is 1.37 Å². The van der Waals surface area contributed by atoms with Crippen molar-refractivity contribution < 1.29 is 11.0 Å². The summed E-state index contributed by atoms with van der Waals surface area (Å²) in [5.41, 5.74) is 0. The third-order valence-electron chi connectivity index (χ3n) is 0.732. The average molecular weight is 101 g/mol.